The number of carbonyl (C=O) groups is 1. The summed E-state index contributed by atoms with van der Waals surface area (Å²) in [5.41, 5.74) is 0. The predicted molar refractivity (Wildman–Crippen MR) is 54.4 cm³/mol. The van der Waals surface area contributed by atoms with Crippen LogP contribution in [0.3, 0.4) is 0 Å². The molecule has 14 heavy (non-hydrogen) atoms. The number of hydrogen-bond acceptors (Lipinski definition) is 2. The molecule has 4 nitrogen and oxygen atoms in total. The van der Waals surface area contributed by atoms with Gasteiger partial charge in [0.25, 0.3) is 0 Å². The van der Waals surface area contributed by atoms with E-state index in [-0.39, 0.29) is 11.8 Å². The van der Waals surface area contributed by atoms with Gasteiger partial charge in [0.2, 0.25) is 5.91 Å². The van der Waals surface area contributed by atoms with Crippen LogP contribution in [0.1, 0.15) is 6.42 Å². The molecule has 0 N–H and O–H groups in total. The molecule has 2 rings (SSSR count). The van der Waals surface area contributed by atoms with E-state index < -0.39 is 0 Å². The van der Waals surface area contributed by atoms with Gasteiger partial charge in [-0.1, -0.05) is 0 Å². The summed E-state index contributed by atoms with van der Waals surface area (Å²) >= 11 is 5.74. The van der Waals surface area contributed by atoms with Crippen molar-refractivity contribution in [2.45, 2.75) is 6.42 Å². The second-order valence-electron chi connectivity index (χ2n) is 3.54. The first-order chi connectivity index (χ1) is 6.72. The lowest BCUT2D eigenvalue weighted by molar-refractivity contribution is -0.117. The first kappa shape index (κ1) is 9.52. The first-order valence-electron chi connectivity index (χ1n) is 4.56. The molecule has 1 amide bonds. The molecule has 1 fully saturated rings. The monoisotopic (exact) mass is 213 g/mol. The van der Waals surface area contributed by atoms with Crippen LogP contribution in [-0.4, -0.2) is 28.1 Å². The standard InChI is InChI=1S/C9H12ClN3O/c1-12-8(2-3-11-12)13-6-7(5-10)4-9(13)14/h2-3,7H,4-6H2,1H3. The SMILES string of the molecule is Cn1nccc1N1CC(CCl)CC1=O. The fourth-order valence-electron chi connectivity index (χ4n) is 1.74. The largest absolute Gasteiger partial charge is 0.297 e. The van der Waals surface area contributed by atoms with Crippen LogP contribution < -0.4 is 4.90 Å². The van der Waals surface area contributed by atoms with Gasteiger partial charge >= 0.3 is 0 Å². The molecule has 1 saturated heterocycles. The predicted octanol–water partition coefficient (Wildman–Crippen LogP) is 1.01. The van der Waals surface area contributed by atoms with Crippen molar-refractivity contribution in [3.05, 3.63) is 12.3 Å². The second-order valence-corrected chi connectivity index (χ2v) is 3.85. The Kier molecular flexibility index (Phi) is 2.46. The number of anilines is 1. The van der Waals surface area contributed by atoms with Crippen LogP contribution in [0.4, 0.5) is 5.82 Å². The molecule has 1 unspecified atom stereocenters. The fraction of sp³-hybridized carbons (Fsp3) is 0.556. The van der Waals surface area contributed by atoms with Crippen LogP contribution in [0.25, 0.3) is 0 Å². The molecule has 1 aliphatic rings. The number of nitrogens with zero attached hydrogens (tertiary/aromatic N) is 3. The third-order valence-corrected chi connectivity index (χ3v) is 2.93. The van der Waals surface area contributed by atoms with Gasteiger partial charge in [0.15, 0.2) is 0 Å². The third-order valence-electron chi connectivity index (χ3n) is 2.49. The van der Waals surface area contributed by atoms with E-state index in [9.17, 15) is 4.79 Å². The van der Waals surface area contributed by atoms with Crippen LogP contribution in [0.5, 0.6) is 0 Å². The minimum Gasteiger partial charge on any atom is -0.297 e. The van der Waals surface area contributed by atoms with Gasteiger partial charge in [-0.05, 0) is 5.92 Å². The number of carbonyl (C=O) groups excluding carboxylic acids is 1. The van der Waals surface area contributed by atoms with Crippen molar-refractivity contribution >= 4 is 23.3 Å². The Morgan fingerprint density at radius 3 is 3.00 bits per heavy atom. The molecule has 1 aromatic rings. The lowest BCUT2D eigenvalue weighted by atomic mass is 10.2. The molecule has 5 heteroatoms. The van der Waals surface area contributed by atoms with E-state index in [4.69, 9.17) is 11.6 Å². The number of hydrogen-bond donors (Lipinski definition) is 0. The maximum atomic E-state index is 11.6. The van der Waals surface area contributed by atoms with Gasteiger partial charge < -0.3 is 0 Å². The van der Waals surface area contributed by atoms with Crippen LogP contribution in [0.2, 0.25) is 0 Å². The third kappa shape index (κ3) is 1.50. The maximum absolute atomic E-state index is 11.6. The Labute approximate surface area is 87.4 Å². The second kappa shape index (κ2) is 3.61. The summed E-state index contributed by atoms with van der Waals surface area (Å²) in [6.07, 6.45) is 2.24. The highest BCUT2D eigenvalue weighted by atomic mass is 35.5. The number of amides is 1. The number of aromatic nitrogens is 2. The normalized spacial score (nSPS) is 22.0. The molecule has 0 saturated carbocycles. The van der Waals surface area contributed by atoms with E-state index in [1.165, 1.54) is 0 Å². The van der Waals surface area contributed by atoms with Crippen molar-refractivity contribution in [2.75, 3.05) is 17.3 Å². The summed E-state index contributed by atoms with van der Waals surface area (Å²) in [6, 6.07) is 1.84. The molecule has 0 bridgehead atoms. The van der Waals surface area contributed by atoms with Gasteiger partial charge in [-0.25, -0.2) is 0 Å². The Balaban J connectivity index is 2.20. The average molecular weight is 214 g/mol. The van der Waals surface area contributed by atoms with Crippen LogP contribution in [-0.2, 0) is 11.8 Å². The molecule has 1 aromatic heterocycles. The summed E-state index contributed by atoms with van der Waals surface area (Å²) in [5, 5.41) is 4.04. The summed E-state index contributed by atoms with van der Waals surface area (Å²) < 4.78 is 1.70. The van der Waals surface area contributed by atoms with Crippen LogP contribution in [0, 0.1) is 5.92 Å². The number of rotatable bonds is 2. The zero-order valence-electron chi connectivity index (χ0n) is 7.98. The van der Waals surface area contributed by atoms with Crippen molar-refractivity contribution in [1.82, 2.24) is 9.78 Å². The van der Waals surface area contributed by atoms with E-state index in [0.29, 0.717) is 18.8 Å². The van der Waals surface area contributed by atoms with Crippen molar-refractivity contribution in [2.24, 2.45) is 13.0 Å². The summed E-state index contributed by atoms with van der Waals surface area (Å²) in [7, 11) is 1.83. The molecular formula is C9H12ClN3O. The molecule has 0 aromatic carbocycles. The van der Waals surface area contributed by atoms with Crippen molar-refractivity contribution in [3.8, 4) is 0 Å². The van der Waals surface area contributed by atoms with Crippen molar-refractivity contribution in [1.29, 1.82) is 0 Å². The van der Waals surface area contributed by atoms with Gasteiger partial charge in [-0.2, -0.15) is 5.10 Å². The zero-order valence-corrected chi connectivity index (χ0v) is 8.74. The van der Waals surface area contributed by atoms with Gasteiger partial charge in [0.1, 0.15) is 5.82 Å². The summed E-state index contributed by atoms with van der Waals surface area (Å²) in [4.78, 5) is 13.4. The quantitative estimate of drug-likeness (QED) is 0.688. The van der Waals surface area contributed by atoms with Gasteiger partial charge in [0.05, 0.1) is 6.20 Å². The minimum atomic E-state index is 0.138. The lowest BCUT2D eigenvalue weighted by Crippen LogP contribution is -2.26. The molecular weight excluding hydrogens is 202 g/mol. The van der Waals surface area contributed by atoms with Gasteiger partial charge in [0, 0.05) is 32.0 Å². The topological polar surface area (TPSA) is 38.1 Å². The summed E-state index contributed by atoms with van der Waals surface area (Å²) in [6.45, 7) is 0.710. The van der Waals surface area contributed by atoms with Crippen molar-refractivity contribution in [3.63, 3.8) is 0 Å². The number of aryl methyl sites for hydroxylation is 1. The first-order valence-corrected chi connectivity index (χ1v) is 5.10. The lowest BCUT2D eigenvalue weighted by Gasteiger charge is -2.15. The highest BCUT2D eigenvalue weighted by Crippen LogP contribution is 2.24. The van der Waals surface area contributed by atoms with Gasteiger partial charge in [-0.15, -0.1) is 11.6 Å². The highest BCUT2D eigenvalue weighted by molar-refractivity contribution is 6.18. The summed E-state index contributed by atoms with van der Waals surface area (Å²) in [5.74, 6) is 1.81. The van der Waals surface area contributed by atoms with Crippen LogP contribution >= 0.6 is 11.6 Å². The Hall–Kier alpha value is -1.03. The highest BCUT2D eigenvalue weighted by Gasteiger charge is 2.31. The molecule has 2 heterocycles. The average Bonchev–Trinajstić information content (AvgIpc) is 2.72. The van der Waals surface area contributed by atoms with Gasteiger partial charge in [-0.3, -0.25) is 14.4 Å². The van der Waals surface area contributed by atoms with E-state index in [2.05, 4.69) is 5.10 Å². The molecule has 1 aliphatic heterocycles. The van der Waals surface area contributed by atoms with E-state index in [1.54, 1.807) is 15.8 Å². The maximum Gasteiger partial charge on any atom is 0.228 e. The molecule has 0 aliphatic carbocycles. The smallest absolute Gasteiger partial charge is 0.228 e. The Morgan fingerprint density at radius 1 is 1.71 bits per heavy atom. The molecule has 0 spiro atoms. The van der Waals surface area contributed by atoms with Crippen molar-refractivity contribution < 1.29 is 4.79 Å². The fourth-order valence-corrected chi connectivity index (χ4v) is 1.94. The Morgan fingerprint density at radius 2 is 2.50 bits per heavy atom. The van der Waals surface area contributed by atoms with E-state index in [0.717, 1.165) is 5.82 Å². The Bertz CT molecular complexity index is 350. The molecule has 0 radical (unpaired) electrons. The van der Waals surface area contributed by atoms with Crippen LogP contribution in [0.15, 0.2) is 12.3 Å². The van der Waals surface area contributed by atoms with E-state index >= 15 is 0 Å². The minimum absolute atomic E-state index is 0.138. The zero-order chi connectivity index (χ0) is 10.1. The van der Waals surface area contributed by atoms with E-state index in [1.807, 2.05) is 13.1 Å². The number of alkyl halides is 1. The molecule has 1 atom stereocenters. The number of halogens is 1. The molecule has 76 valence electrons.